The van der Waals surface area contributed by atoms with Crippen LogP contribution in [-0.4, -0.2) is 46.6 Å². The van der Waals surface area contributed by atoms with Gasteiger partial charge in [-0.2, -0.15) is 0 Å². The second-order valence-electron chi connectivity index (χ2n) is 9.52. The van der Waals surface area contributed by atoms with E-state index in [2.05, 4.69) is 32.1 Å². The number of H-pyrrole nitrogens is 1. The molecular formula is C26H31N5O4S2. The van der Waals surface area contributed by atoms with Crippen molar-refractivity contribution < 1.29 is 8.42 Å². The molecule has 3 aromatic heterocycles. The quantitative estimate of drug-likeness (QED) is 0.356. The Morgan fingerprint density at radius 3 is 2.49 bits per heavy atom. The number of aromatic amines is 1. The maximum Gasteiger partial charge on any atom is 0.331 e. The molecule has 9 nitrogen and oxygen atoms in total. The molecule has 4 aromatic rings. The van der Waals surface area contributed by atoms with Gasteiger partial charge in [-0.15, -0.1) is 11.3 Å². The Hall–Kier alpha value is -2.99. The van der Waals surface area contributed by atoms with Gasteiger partial charge in [0.15, 0.2) is 0 Å². The second-order valence-corrected chi connectivity index (χ2v) is 12.3. The van der Waals surface area contributed by atoms with Gasteiger partial charge < -0.3 is 4.98 Å². The highest BCUT2D eigenvalue weighted by Crippen LogP contribution is 2.24. The van der Waals surface area contributed by atoms with Crippen molar-refractivity contribution in [3.8, 4) is 11.3 Å². The highest BCUT2D eigenvalue weighted by molar-refractivity contribution is 7.89. The Bertz CT molecular complexity index is 1610. The topological polar surface area (TPSA) is 109 Å². The molecule has 0 bridgehead atoms. The number of likely N-dealkylation sites (tertiary alicyclic amines) is 1. The number of piperidine rings is 1. The SMILES string of the molecule is CCCn1c(=O)n(C)c(=O)c2[nH]c(-c3ccc(S(=O)(=O)NC4CCN(Cc5cccs5)CC4)cc3)cc21. The van der Waals surface area contributed by atoms with E-state index in [1.165, 1.54) is 11.9 Å². The molecule has 4 heterocycles. The van der Waals surface area contributed by atoms with Gasteiger partial charge in [-0.1, -0.05) is 25.1 Å². The van der Waals surface area contributed by atoms with Crippen LogP contribution in [0.2, 0.25) is 0 Å². The first-order valence-corrected chi connectivity index (χ1v) is 14.8. The summed E-state index contributed by atoms with van der Waals surface area (Å²) in [6.07, 6.45) is 2.29. The summed E-state index contributed by atoms with van der Waals surface area (Å²) >= 11 is 1.74. The normalized spacial score (nSPS) is 15.5. The number of hydrogen-bond donors (Lipinski definition) is 2. The zero-order valence-electron chi connectivity index (χ0n) is 20.9. The molecule has 0 saturated carbocycles. The van der Waals surface area contributed by atoms with Crippen LogP contribution in [-0.2, 0) is 30.2 Å². The van der Waals surface area contributed by atoms with E-state index in [1.807, 2.05) is 6.92 Å². The number of nitrogens with one attached hydrogen (secondary N) is 2. The third kappa shape index (κ3) is 5.22. The molecule has 11 heteroatoms. The van der Waals surface area contributed by atoms with Crippen LogP contribution < -0.4 is 16.0 Å². The molecule has 0 radical (unpaired) electrons. The molecule has 0 amide bonds. The molecular weight excluding hydrogens is 510 g/mol. The van der Waals surface area contributed by atoms with Gasteiger partial charge in [0.1, 0.15) is 5.52 Å². The van der Waals surface area contributed by atoms with Crippen molar-refractivity contribution in [2.75, 3.05) is 13.1 Å². The highest BCUT2D eigenvalue weighted by Gasteiger charge is 2.25. The van der Waals surface area contributed by atoms with Gasteiger partial charge in [0.25, 0.3) is 5.56 Å². The summed E-state index contributed by atoms with van der Waals surface area (Å²) in [6.45, 7) is 5.09. The van der Waals surface area contributed by atoms with Crippen molar-refractivity contribution in [3.63, 3.8) is 0 Å². The van der Waals surface area contributed by atoms with Crippen LogP contribution in [0, 0.1) is 0 Å². The van der Waals surface area contributed by atoms with E-state index in [-0.39, 0.29) is 22.2 Å². The van der Waals surface area contributed by atoms with Gasteiger partial charge in [-0.3, -0.25) is 18.8 Å². The maximum absolute atomic E-state index is 13.1. The van der Waals surface area contributed by atoms with Crippen molar-refractivity contribution in [3.05, 3.63) is 73.6 Å². The molecule has 2 N–H and O–H groups in total. The molecule has 1 aliphatic rings. The minimum absolute atomic E-state index is 0.0931. The third-order valence-electron chi connectivity index (χ3n) is 6.92. The molecule has 1 saturated heterocycles. The zero-order chi connectivity index (χ0) is 26.2. The van der Waals surface area contributed by atoms with E-state index < -0.39 is 10.0 Å². The number of aromatic nitrogens is 3. The molecule has 1 aliphatic heterocycles. The minimum Gasteiger partial charge on any atom is -0.349 e. The fourth-order valence-electron chi connectivity index (χ4n) is 4.89. The van der Waals surface area contributed by atoms with Crippen LogP contribution >= 0.6 is 11.3 Å². The van der Waals surface area contributed by atoms with E-state index in [4.69, 9.17) is 0 Å². The largest absolute Gasteiger partial charge is 0.349 e. The average Bonchev–Trinajstić information content (AvgIpc) is 3.57. The Balaban J connectivity index is 1.30. The van der Waals surface area contributed by atoms with Crippen LogP contribution in [0.25, 0.3) is 22.3 Å². The van der Waals surface area contributed by atoms with Crippen LogP contribution in [0.4, 0.5) is 0 Å². The summed E-state index contributed by atoms with van der Waals surface area (Å²) in [5.74, 6) is 0. The molecule has 1 aromatic carbocycles. The smallest absolute Gasteiger partial charge is 0.331 e. The summed E-state index contributed by atoms with van der Waals surface area (Å²) in [7, 11) is -2.19. The highest BCUT2D eigenvalue weighted by atomic mass is 32.2. The standard InChI is InChI=1S/C26H31N5O4S2/c1-3-12-31-23-16-22(27-24(23)25(32)29(2)26(31)33)18-6-8-21(9-7-18)37(34,35)28-19-10-13-30(14-11-19)17-20-5-4-15-36-20/h4-9,15-16,19,27-28H,3,10-14,17H2,1-2H3. The van der Waals surface area contributed by atoms with Crippen LogP contribution in [0.5, 0.6) is 0 Å². The number of thiophene rings is 1. The molecule has 196 valence electrons. The van der Waals surface area contributed by atoms with E-state index in [0.29, 0.717) is 23.3 Å². The number of rotatable bonds is 8. The summed E-state index contributed by atoms with van der Waals surface area (Å²) in [5, 5.41) is 2.08. The monoisotopic (exact) mass is 541 g/mol. The molecule has 0 aliphatic carbocycles. The number of sulfonamides is 1. The average molecular weight is 542 g/mol. The first-order valence-electron chi connectivity index (χ1n) is 12.5. The first-order chi connectivity index (χ1) is 17.8. The van der Waals surface area contributed by atoms with Crippen molar-refractivity contribution >= 4 is 32.4 Å². The van der Waals surface area contributed by atoms with E-state index >= 15 is 0 Å². The van der Waals surface area contributed by atoms with Crippen molar-refractivity contribution in [1.29, 1.82) is 0 Å². The van der Waals surface area contributed by atoms with Gasteiger partial charge in [0.05, 0.1) is 10.4 Å². The Morgan fingerprint density at radius 1 is 1.11 bits per heavy atom. The predicted octanol–water partition coefficient (Wildman–Crippen LogP) is 3.11. The van der Waals surface area contributed by atoms with Gasteiger partial charge in [0, 0.05) is 49.8 Å². The van der Waals surface area contributed by atoms with Crippen molar-refractivity contribution in [1.82, 2.24) is 23.7 Å². The fourth-order valence-corrected chi connectivity index (χ4v) is 6.94. The Morgan fingerprint density at radius 2 is 1.84 bits per heavy atom. The van der Waals surface area contributed by atoms with Crippen LogP contribution in [0.3, 0.4) is 0 Å². The molecule has 0 atom stereocenters. The maximum atomic E-state index is 13.1. The summed E-state index contributed by atoms with van der Waals surface area (Å²) in [6, 6.07) is 12.5. The van der Waals surface area contributed by atoms with Crippen molar-refractivity contribution in [2.45, 2.75) is 50.2 Å². The fraction of sp³-hybridized carbons (Fsp3) is 0.385. The number of aryl methyl sites for hydroxylation is 1. The number of hydrogen-bond acceptors (Lipinski definition) is 6. The first kappa shape index (κ1) is 25.7. The summed E-state index contributed by atoms with van der Waals surface area (Å²) in [5.41, 5.74) is 1.55. The lowest BCUT2D eigenvalue weighted by molar-refractivity contribution is 0.201. The van der Waals surface area contributed by atoms with Gasteiger partial charge in [-0.25, -0.2) is 17.9 Å². The Kier molecular flexibility index (Phi) is 7.21. The van der Waals surface area contributed by atoms with Crippen LogP contribution in [0.15, 0.2) is 62.3 Å². The Labute approximate surface area is 219 Å². The summed E-state index contributed by atoms with van der Waals surface area (Å²) in [4.78, 5) is 32.2. The van der Waals surface area contributed by atoms with Gasteiger partial charge in [-0.05, 0) is 54.5 Å². The molecule has 0 spiro atoms. The lowest BCUT2D eigenvalue weighted by Crippen LogP contribution is -2.44. The number of benzene rings is 1. The van der Waals surface area contributed by atoms with Gasteiger partial charge >= 0.3 is 5.69 Å². The van der Waals surface area contributed by atoms with Crippen molar-refractivity contribution in [2.24, 2.45) is 7.05 Å². The second kappa shape index (κ2) is 10.4. The molecule has 37 heavy (non-hydrogen) atoms. The summed E-state index contributed by atoms with van der Waals surface area (Å²) < 4.78 is 31.7. The lowest BCUT2D eigenvalue weighted by Gasteiger charge is -2.31. The minimum atomic E-state index is -3.66. The number of fused-ring (bicyclic) bond motifs is 1. The van der Waals surface area contributed by atoms with E-state index in [9.17, 15) is 18.0 Å². The van der Waals surface area contributed by atoms with Crippen LogP contribution in [0.1, 0.15) is 31.1 Å². The zero-order valence-corrected chi connectivity index (χ0v) is 22.6. The van der Waals surface area contributed by atoms with E-state index in [1.54, 1.807) is 46.2 Å². The predicted molar refractivity (Wildman–Crippen MR) is 146 cm³/mol. The third-order valence-corrected chi connectivity index (χ3v) is 9.31. The van der Waals surface area contributed by atoms with E-state index in [0.717, 1.165) is 49.0 Å². The molecule has 1 fully saturated rings. The number of nitrogens with zero attached hydrogens (tertiary/aromatic N) is 3. The lowest BCUT2D eigenvalue weighted by atomic mass is 10.1. The molecule has 0 unspecified atom stereocenters. The van der Waals surface area contributed by atoms with Gasteiger partial charge in [0.2, 0.25) is 10.0 Å². The molecule has 5 rings (SSSR count).